The van der Waals surface area contributed by atoms with Gasteiger partial charge < -0.3 is 14.4 Å². The van der Waals surface area contributed by atoms with E-state index in [1.165, 1.54) is 5.56 Å². The number of rotatable bonds is 4. The Balaban J connectivity index is 2.66. The van der Waals surface area contributed by atoms with Gasteiger partial charge in [0, 0.05) is 5.04 Å². The molecule has 0 bridgehead atoms. The summed E-state index contributed by atoms with van der Waals surface area (Å²) in [6.07, 6.45) is 0. The quantitative estimate of drug-likeness (QED) is 0.687. The SMILES string of the molecule is CC(C)([SiH2]OB(O)O)c1ccccc1. The first-order valence-corrected chi connectivity index (χ1v) is 5.84. The summed E-state index contributed by atoms with van der Waals surface area (Å²) in [5.41, 5.74) is 1.17. The molecular weight excluding hydrogens is 195 g/mol. The molecule has 0 spiro atoms. The summed E-state index contributed by atoms with van der Waals surface area (Å²) in [6.45, 7) is 4.11. The molecule has 0 unspecified atom stereocenters. The molecule has 0 heterocycles. The molecule has 0 aliphatic rings. The van der Waals surface area contributed by atoms with Gasteiger partial charge in [-0.1, -0.05) is 44.2 Å². The third kappa shape index (κ3) is 3.27. The second-order valence-electron chi connectivity index (χ2n) is 3.89. The average molecular weight is 210 g/mol. The zero-order valence-corrected chi connectivity index (χ0v) is 9.89. The summed E-state index contributed by atoms with van der Waals surface area (Å²) in [4.78, 5) is 0. The molecule has 5 heteroatoms. The van der Waals surface area contributed by atoms with Crippen LogP contribution < -0.4 is 0 Å². The van der Waals surface area contributed by atoms with Crippen molar-refractivity contribution in [3.8, 4) is 0 Å². The minimum absolute atomic E-state index is 0.0784. The fourth-order valence-electron chi connectivity index (χ4n) is 1.26. The topological polar surface area (TPSA) is 49.7 Å². The van der Waals surface area contributed by atoms with Crippen LogP contribution in [0.3, 0.4) is 0 Å². The van der Waals surface area contributed by atoms with E-state index < -0.39 is 17.1 Å². The Bertz CT molecular complexity index is 277. The molecule has 0 saturated heterocycles. The minimum Gasteiger partial charge on any atom is -0.433 e. The predicted octanol–water partition coefficient (Wildman–Crippen LogP) is -0.00840. The van der Waals surface area contributed by atoms with Crippen LogP contribution in [0.2, 0.25) is 0 Å². The molecule has 0 amide bonds. The molecule has 0 fully saturated rings. The maximum atomic E-state index is 8.63. The van der Waals surface area contributed by atoms with Crippen molar-refractivity contribution in [1.82, 2.24) is 0 Å². The van der Waals surface area contributed by atoms with E-state index in [0.717, 1.165) is 0 Å². The van der Waals surface area contributed by atoms with Gasteiger partial charge in [-0.25, -0.2) is 0 Å². The lowest BCUT2D eigenvalue weighted by atomic mass is 10.0. The summed E-state index contributed by atoms with van der Waals surface area (Å²) in [7, 11) is -2.64. The highest BCUT2D eigenvalue weighted by atomic mass is 28.2. The van der Waals surface area contributed by atoms with Crippen LogP contribution >= 0.6 is 0 Å². The van der Waals surface area contributed by atoms with Crippen molar-refractivity contribution in [1.29, 1.82) is 0 Å². The predicted molar refractivity (Wildman–Crippen MR) is 59.3 cm³/mol. The van der Waals surface area contributed by atoms with Gasteiger partial charge in [-0.3, -0.25) is 0 Å². The molecular formula is C9H15BO3Si. The van der Waals surface area contributed by atoms with E-state index in [1.54, 1.807) is 0 Å². The monoisotopic (exact) mass is 210 g/mol. The third-order valence-corrected chi connectivity index (χ3v) is 3.74. The average Bonchev–Trinajstić information content (AvgIpc) is 2.16. The molecule has 76 valence electrons. The first kappa shape index (κ1) is 11.5. The highest BCUT2D eigenvalue weighted by molar-refractivity contribution is 6.47. The highest BCUT2D eigenvalue weighted by Crippen LogP contribution is 2.21. The molecule has 0 saturated carbocycles. The van der Waals surface area contributed by atoms with Gasteiger partial charge in [0.2, 0.25) is 0 Å². The van der Waals surface area contributed by atoms with Crippen LogP contribution in [0.4, 0.5) is 0 Å². The first-order chi connectivity index (χ1) is 6.52. The van der Waals surface area contributed by atoms with Crippen molar-refractivity contribution in [2.24, 2.45) is 0 Å². The van der Waals surface area contributed by atoms with E-state index in [4.69, 9.17) is 14.4 Å². The van der Waals surface area contributed by atoms with E-state index in [9.17, 15) is 0 Å². The van der Waals surface area contributed by atoms with Crippen LogP contribution in [0, 0.1) is 0 Å². The Morgan fingerprint density at radius 1 is 1.21 bits per heavy atom. The lowest BCUT2D eigenvalue weighted by Gasteiger charge is -2.24. The zero-order chi connectivity index (χ0) is 10.6. The summed E-state index contributed by atoms with van der Waals surface area (Å²) in [5.74, 6) is 0. The summed E-state index contributed by atoms with van der Waals surface area (Å²) < 4.78 is 4.91. The maximum absolute atomic E-state index is 8.63. The highest BCUT2D eigenvalue weighted by Gasteiger charge is 2.24. The van der Waals surface area contributed by atoms with Crippen molar-refractivity contribution < 1.29 is 14.4 Å². The molecule has 0 aliphatic carbocycles. The standard InChI is InChI=1S/C9H15BO3Si/c1-9(2,14-13-10(11)12)8-6-4-3-5-7-8/h3-7,11-12H,14H2,1-2H3. The zero-order valence-electron chi connectivity index (χ0n) is 8.47. The van der Waals surface area contributed by atoms with Crippen molar-refractivity contribution in [2.45, 2.75) is 18.9 Å². The van der Waals surface area contributed by atoms with E-state index in [1.807, 2.05) is 30.3 Å². The van der Waals surface area contributed by atoms with Crippen LogP contribution in [0.5, 0.6) is 0 Å². The lowest BCUT2D eigenvalue weighted by molar-refractivity contribution is 0.289. The van der Waals surface area contributed by atoms with Gasteiger partial charge >= 0.3 is 7.32 Å². The van der Waals surface area contributed by atoms with Gasteiger partial charge in [0.15, 0.2) is 9.76 Å². The Morgan fingerprint density at radius 2 is 1.79 bits per heavy atom. The fraction of sp³-hybridized carbons (Fsp3) is 0.333. The molecule has 0 aliphatic heterocycles. The van der Waals surface area contributed by atoms with Crippen molar-refractivity contribution >= 4 is 17.1 Å². The second-order valence-corrected chi connectivity index (χ2v) is 6.28. The number of hydrogen-bond donors (Lipinski definition) is 2. The van der Waals surface area contributed by atoms with Gasteiger partial charge in [0.05, 0.1) is 0 Å². The van der Waals surface area contributed by atoms with E-state index in [2.05, 4.69) is 13.8 Å². The molecule has 0 aromatic heterocycles. The lowest BCUT2D eigenvalue weighted by Crippen LogP contribution is -2.33. The summed E-state index contributed by atoms with van der Waals surface area (Å²) in [5, 5.41) is 17.2. The number of hydrogen-bond acceptors (Lipinski definition) is 3. The maximum Gasteiger partial charge on any atom is 0.622 e. The Hall–Kier alpha value is -0.618. The largest absolute Gasteiger partial charge is 0.622 e. The van der Waals surface area contributed by atoms with Gasteiger partial charge in [-0.05, 0) is 5.56 Å². The van der Waals surface area contributed by atoms with Crippen molar-refractivity contribution in [3.63, 3.8) is 0 Å². The molecule has 1 rings (SSSR count). The molecule has 1 aromatic rings. The van der Waals surface area contributed by atoms with Crippen molar-refractivity contribution in [2.75, 3.05) is 0 Å². The summed E-state index contributed by atoms with van der Waals surface area (Å²) in [6, 6.07) is 9.96. The molecule has 2 N–H and O–H groups in total. The van der Waals surface area contributed by atoms with Crippen LogP contribution in [-0.2, 0) is 9.38 Å². The van der Waals surface area contributed by atoms with Crippen molar-refractivity contribution in [3.05, 3.63) is 35.9 Å². The molecule has 3 nitrogen and oxygen atoms in total. The molecule has 0 radical (unpaired) electrons. The van der Waals surface area contributed by atoms with Crippen LogP contribution in [-0.4, -0.2) is 27.1 Å². The Morgan fingerprint density at radius 3 is 2.29 bits per heavy atom. The van der Waals surface area contributed by atoms with Crippen LogP contribution in [0.25, 0.3) is 0 Å². The van der Waals surface area contributed by atoms with E-state index in [0.29, 0.717) is 0 Å². The number of benzene rings is 1. The summed E-state index contributed by atoms with van der Waals surface area (Å²) >= 11 is 0. The molecule has 14 heavy (non-hydrogen) atoms. The van der Waals surface area contributed by atoms with Crippen LogP contribution in [0.15, 0.2) is 30.3 Å². The third-order valence-electron chi connectivity index (χ3n) is 2.15. The normalized spacial score (nSPS) is 12.3. The van der Waals surface area contributed by atoms with E-state index >= 15 is 0 Å². The Labute approximate surface area is 86.9 Å². The van der Waals surface area contributed by atoms with Gasteiger partial charge in [0.25, 0.3) is 0 Å². The van der Waals surface area contributed by atoms with Crippen LogP contribution in [0.1, 0.15) is 19.4 Å². The van der Waals surface area contributed by atoms with Gasteiger partial charge in [-0.15, -0.1) is 0 Å². The van der Waals surface area contributed by atoms with Gasteiger partial charge in [-0.2, -0.15) is 0 Å². The minimum atomic E-state index is -1.63. The molecule has 1 aromatic carbocycles. The Kier molecular flexibility index (Phi) is 3.88. The smallest absolute Gasteiger partial charge is 0.433 e. The van der Waals surface area contributed by atoms with Gasteiger partial charge in [0.1, 0.15) is 0 Å². The molecule has 0 atom stereocenters. The van der Waals surface area contributed by atoms with E-state index in [-0.39, 0.29) is 5.04 Å². The first-order valence-electron chi connectivity index (χ1n) is 4.56. The second kappa shape index (κ2) is 4.75. The fourth-order valence-corrected chi connectivity index (χ4v) is 2.22.